The van der Waals surface area contributed by atoms with Crippen molar-refractivity contribution in [3.05, 3.63) is 35.9 Å². The average Bonchev–Trinajstić information content (AvgIpc) is 2.43. The molecule has 1 aromatic carbocycles. The van der Waals surface area contributed by atoms with E-state index >= 15 is 0 Å². The van der Waals surface area contributed by atoms with Crippen LogP contribution in [0, 0.1) is 5.92 Å². The van der Waals surface area contributed by atoms with Crippen molar-refractivity contribution in [2.75, 3.05) is 13.2 Å². The molecule has 0 aliphatic rings. The molecule has 0 aliphatic heterocycles. The zero-order chi connectivity index (χ0) is 16.6. The topological polar surface area (TPSA) is 64.6 Å². The highest BCUT2D eigenvalue weighted by Crippen LogP contribution is 2.11. The molecule has 0 saturated heterocycles. The predicted octanol–water partition coefficient (Wildman–Crippen LogP) is 2.93. The highest BCUT2D eigenvalue weighted by molar-refractivity contribution is 5.74. The average molecular weight is 307 g/mol. The van der Waals surface area contributed by atoms with E-state index in [1.807, 2.05) is 30.3 Å². The number of hydrogen-bond donors (Lipinski definition) is 1. The number of carbonyl (C=O) groups excluding carboxylic acids is 2. The minimum atomic E-state index is -0.567. The summed E-state index contributed by atoms with van der Waals surface area (Å²) in [6.07, 6.45) is -0.0231. The second kappa shape index (κ2) is 8.41. The molecule has 1 amide bonds. The molecule has 0 radical (unpaired) electrons. The quantitative estimate of drug-likeness (QED) is 0.821. The van der Waals surface area contributed by atoms with Crippen molar-refractivity contribution in [2.24, 2.45) is 5.92 Å². The molecule has 0 spiro atoms. The Morgan fingerprint density at radius 1 is 1.18 bits per heavy atom. The number of benzene rings is 1. The van der Waals surface area contributed by atoms with Gasteiger partial charge in [0.15, 0.2) is 0 Å². The van der Waals surface area contributed by atoms with Crippen molar-refractivity contribution >= 4 is 12.1 Å². The monoisotopic (exact) mass is 307 g/mol. The van der Waals surface area contributed by atoms with Gasteiger partial charge in [0.25, 0.3) is 0 Å². The van der Waals surface area contributed by atoms with E-state index in [-0.39, 0.29) is 12.5 Å². The van der Waals surface area contributed by atoms with Gasteiger partial charge in [0.05, 0.1) is 12.5 Å². The molecule has 122 valence electrons. The molecule has 1 N–H and O–H groups in total. The van der Waals surface area contributed by atoms with Crippen LogP contribution in [0.3, 0.4) is 0 Å². The maximum atomic E-state index is 12.0. The molecule has 0 aliphatic carbocycles. The van der Waals surface area contributed by atoms with Gasteiger partial charge in [0.2, 0.25) is 0 Å². The van der Waals surface area contributed by atoms with E-state index in [0.29, 0.717) is 13.0 Å². The highest BCUT2D eigenvalue weighted by atomic mass is 16.6. The van der Waals surface area contributed by atoms with E-state index in [2.05, 4.69) is 5.32 Å². The van der Waals surface area contributed by atoms with Gasteiger partial charge in [0, 0.05) is 6.54 Å². The van der Waals surface area contributed by atoms with E-state index in [9.17, 15) is 9.59 Å². The lowest BCUT2D eigenvalue weighted by molar-refractivity contribution is -0.147. The molecule has 1 unspecified atom stereocenters. The fourth-order valence-electron chi connectivity index (χ4n) is 1.92. The largest absolute Gasteiger partial charge is 0.466 e. The minimum Gasteiger partial charge on any atom is -0.466 e. The fraction of sp³-hybridized carbons (Fsp3) is 0.529. The van der Waals surface area contributed by atoms with Crippen LogP contribution in [0.4, 0.5) is 4.79 Å². The molecule has 0 heterocycles. The van der Waals surface area contributed by atoms with Crippen LogP contribution in [0.2, 0.25) is 0 Å². The van der Waals surface area contributed by atoms with Gasteiger partial charge in [0.1, 0.15) is 5.60 Å². The van der Waals surface area contributed by atoms with Crippen LogP contribution < -0.4 is 5.32 Å². The summed E-state index contributed by atoms with van der Waals surface area (Å²) >= 11 is 0. The summed E-state index contributed by atoms with van der Waals surface area (Å²) in [4.78, 5) is 23.7. The maximum absolute atomic E-state index is 12.0. The number of nitrogens with one attached hydrogen (secondary N) is 1. The second-order valence-corrected chi connectivity index (χ2v) is 6.02. The summed E-state index contributed by atoms with van der Waals surface area (Å²) in [6, 6.07) is 9.64. The first-order valence-electron chi connectivity index (χ1n) is 7.49. The van der Waals surface area contributed by atoms with Gasteiger partial charge < -0.3 is 14.8 Å². The minimum absolute atomic E-state index is 0.183. The molecule has 1 aromatic rings. The summed E-state index contributed by atoms with van der Waals surface area (Å²) in [5, 5.41) is 2.64. The molecule has 5 nitrogen and oxygen atoms in total. The summed E-state index contributed by atoms with van der Waals surface area (Å²) in [7, 11) is 0. The third kappa shape index (κ3) is 7.11. The smallest absolute Gasteiger partial charge is 0.407 e. The normalized spacial score (nSPS) is 12.4. The Hall–Kier alpha value is -2.04. The van der Waals surface area contributed by atoms with Crippen molar-refractivity contribution in [3.63, 3.8) is 0 Å². The van der Waals surface area contributed by atoms with Crippen LogP contribution in [0.25, 0.3) is 0 Å². The van der Waals surface area contributed by atoms with Crippen LogP contribution in [0.1, 0.15) is 33.3 Å². The van der Waals surface area contributed by atoms with Gasteiger partial charge in [-0.3, -0.25) is 4.79 Å². The molecule has 22 heavy (non-hydrogen) atoms. The van der Waals surface area contributed by atoms with Gasteiger partial charge in [-0.1, -0.05) is 30.3 Å². The van der Waals surface area contributed by atoms with Gasteiger partial charge in [-0.05, 0) is 39.7 Å². The summed E-state index contributed by atoms with van der Waals surface area (Å²) in [5.74, 6) is -0.753. The zero-order valence-electron chi connectivity index (χ0n) is 13.7. The number of hydrogen-bond acceptors (Lipinski definition) is 4. The van der Waals surface area contributed by atoms with Crippen molar-refractivity contribution in [1.82, 2.24) is 5.32 Å². The Morgan fingerprint density at radius 3 is 2.36 bits per heavy atom. The Balaban J connectivity index is 2.62. The molecular formula is C17H25NO4. The van der Waals surface area contributed by atoms with E-state index in [4.69, 9.17) is 9.47 Å². The summed E-state index contributed by atoms with van der Waals surface area (Å²) in [5.41, 5.74) is 0.453. The number of esters is 1. The molecule has 1 rings (SSSR count). The lowest BCUT2D eigenvalue weighted by Gasteiger charge is -2.21. The second-order valence-electron chi connectivity index (χ2n) is 6.02. The number of rotatable bonds is 6. The third-order valence-electron chi connectivity index (χ3n) is 2.84. The molecule has 0 aromatic heterocycles. The number of alkyl carbamates (subject to hydrolysis) is 1. The molecule has 0 fully saturated rings. The Morgan fingerprint density at radius 2 is 1.82 bits per heavy atom. The van der Waals surface area contributed by atoms with Crippen molar-refractivity contribution in [1.29, 1.82) is 0 Å². The number of amides is 1. The lowest BCUT2D eigenvalue weighted by Crippen LogP contribution is -2.38. The number of carbonyl (C=O) groups is 2. The first-order valence-corrected chi connectivity index (χ1v) is 7.49. The van der Waals surface area contributed by atoms with Crippen molar-refractivity contribution in [3.8, 4) is 0 Å². The van der Waals surface area contributed by atoms with Crippen LogP contribution in [0.15, 0.2) is 30.3 Å². The third-order valence-corrected chi connectivity index (χ3v) is 2.84. The standard InChI is InChI=1S/C17H25NO4/c1-5-21-15(19)14(11-13-9-7-6-8-10-13)12-18-16(20)22-17(2,3)4/h6-10,14H,5,11-12H2,1-4H3,(H,18,20). The van der Waals surface area contributed by atoms with Crippen LogP contribution in [-0.4, -0.2) is 30.8 Å². The molecule has 1 atom stereocenters. The summed E-state index contributed by atoms with van der Waals surface area (Å²) in [6.45, 7) is 7.64. The van der Waals surface area contributed by atoms with Crippen LogP contribution in [0.5, 0.6) is 0 Å². The molecule has 0 saturated carbocycles. The molecule has 0 bridgehead atoms. The van der Waals surface area contributed by atoms with E-state index in [1.54, 1.807) is 27.7 Å². The SMILES string of the molecule is CCOC(=O)C(CNC(=O)OC(C)(C)C)Cc1ccccc1. The van der Waals surface area contributed by atoms with Crippen LogP contribution in [-0.2, 0) is 20.7 Å². The van der Waals surface area contributed by atoms with Gasteiger partial charge in [-0.2, -0.15) is 0 Å². The van der Waals surface area contributed by atoms with Crippen molar-refractivity contribution < 1.29 is 19.1 Å². The van der Waals surface area contributed by atoms with Gasteiger partial charge in [-0.25, -0.2) is 4.79 Å². The first-order chi connectivity index (χ1) is 10.3. The van der Waals surface area contributed by atoms with Crippen molar-refractivity contribution in [2.45, 2.75) is 39.7 Å². The van der Waals surface area contributed by atoms with Gasteiger partial charge >= 0.3 is 12.1 Å². The lowest BCUT2D eigenvalue weighted by atomic mass is 9.99. The Labute approximate surface area is 132 Å². The Kier molecular flexibility index (Phi) is 6.89. The zero-order valence-corrected chi connectivity index (χ0v) is 13.7. The maximum Gasteiger partial charge on any atom is 0.407 e. The Bertz CT molecular complexity index is 479. The summed E-state index contributed by atoms with van der Waals surface area (Å²) < 4.78 is 10.3. The fourth-order valence-corrected chi connectivity index (χ4v) is 1.92. The molecular weight excluding hydrogens is 282 g/mol. The highest BCUT2D eigenvalue weighted by Gasteiger charge is 2.23. The number of ether oxygens (including phenoxy) is 2. The predicted molar refractivity (Wildman–Crippen MR) is 84.5 cm³/mol. The van der Waals surface area contributed by atoms with Crippen LogP contribution >= 0.6 is 0 Å². The first kappa shape index (κ1) is 18.0. The van der Waals surface area contributed by atoms with E-state index < -0.39 is 17.6 Å². The molecule has 5 heteroatoms. The van der Waals surface area contributed by atoms with E-state index in [1.165, 1.54) is 0 Å². The van der Waals surface area contributed by atoms with Gasteiger partial charge in [-0.15, -0.1) is 0 Å². The van der Waals surface area contributed by atoms with E-state index in [0.717, 1.165) is 5.56 Å².